The first kappa shape index (κ1) is 13.5. The molecule has 2 aromatic heterocycles. The Morgan fingerprint density at radius 2 is 2.47 bits per heavy atom. The van der Waals surface area contributed by atoms with Gasteiger partial charge in [0, 0.05) is 12.4 Å². The lowest BCUT2D eigenvalue weighted by Gasteiger charge is -2.14. The van der Waals surface area contributed by atoms with Gasteiger partial charge in [-0.05, 0) is 22.9 Å². The molecule has 2 heterocycles. The predicted octanol–water partition coefficient (Wildman–Crippen LogP) is 2.09. The minimum absolute atomic E-state index is 0.0530. The molecule has 0 radical (unpaired) electrons. The van der Waals surface area contributed by atoms with Gasteiger partial charge in [-0.15, -0.1) is 6.58 Å². The van der Waals surface area contributed by atoms with Crippen LogP contribution >= 0.6 is 15.9 Å². The van der Waals surface area contributed by atoms with E-state index in [0.717, 1.165) is 5.82 Å². The van der Waals surface area contributed by atoms with Gasteiger partial charge in [0.2, 0.25) is 0 Å². The van der Waals surface area contributed by atoms with Crippen LogP contribution in [0.4, 0.5) is 5.69 Å². The Kier molecular flexibility index (Phi) is 4.16. The molecule has 0 amide bonds. The van der Waals surface area contributed by atoms with Crippen LogP contribution in [-0.4, -0.2) is 19.7 Å². The number of rotatable bonds is 5. The summed E-state index contributed by atoms with van der Waals surface area (Å²) >= 11 is 3.29. The van der Waals surface area contributed by atoms with Crippen molar-refractivity contribution in [3.05, 3.63) is 51.9 Å². The lowest BCUT2D eigenvalue weighted by Crippen LogP contribution is -2.24. The van der Waals surface area contributed by atoms with Crippen LogP contribution in [0, 0.1) is 0 Å². The molecular weight excluding hydrogens is 310 g/mol. The lowest BCUT2D eigenvalue weighted by atomic mass is 10.3. The van der Waals surface area contributed by atoms with Gasteiger partial charge in [-0.1, -0.05) is 6.08 Å². The highest BCUT2D eigenvalue weighted by molar-refractivity contribution is 9.10. The fourth-order valence-electron chi connectivity index (χ4n) is 1.63. The molecule has 1 atom stereocenters. The Balaban J connectivity index is 2.24. The molecule has 7 heteroatoms. The molecule has 19 heavy (non-hydrogen) atoms. The van der Waals surface area contributed by atoms with Gasteiger partial charge in [-0.3, -0.25) is 4.79 Å². The van der Waals surface area contributed by atoms with Crippen molar-refractivity contribution in [2.45, 2.75) is 19.5 Å². The first-order valence-corrected chi connectivity index (χ1v) is 6.55. The maximum absolute atomic E-state index is 12.0. The van der Waals surface area contributed by atoms with E-state index in [4.69, 9.17) is 0 Å². The van der Waals surface area contributed by atoms with Gasteiger partial charge < -0.3 is 10.3 Å². The number of halogens is 1. The summed E-state index contributed by atoms with van der Waals surface area (Å²) in [5, 5.41) is 7.25. The van der Waals surface area contributed by atoms with Crippen molar-refractivity contribution < 1.29 is 0 Å². The lowest BCUT2D eigenvalue weighted by molar-refractivity contribution is 0.647. The number of nitrogens with one attached hydrogen (secondary N) is 2. The standard InChI is InChI=1S/C12H14BrN5O/c1-3-6-18-12(19)10(13)9(7-16-18)17-8(2)11-14-4-5-15-11/h3-5,7-8,17H,1,6H2,2H3,(H,14,15). The van der Waals surface area contributed by atoms with Gasteiger partial charge in [0.1, 0.15) is 10.3 Å². The van der Waals surface area contributed by atoms with Crippen molar-refractivity contribution >= 4 is 21.6 Å². The molecule has 0 bridgehead atoms. The molecule has 0 spiro atoms. The number of imidazole rings is 1. The predicted molar refractivity (Wildman–Crippen MR) is 77.0 cm³/mol. The summed E-state index contributed by atoms with van der Waals surface area (Å²) in [7, 11) is 0. The normalized spacial score (nSPS) is 12.1. The van der Waals surface area contributed by atoms with E-state index in [1.807, 2.05) is 6.92 Å². The van der Waals surface area contributed by atoms with Gasteiger partial charge in [-0.25, -0.2) is 9.67 Å². The van der Waals surface area contributed by atoms with Crippen LogP contribution in [0.5, 0.6) is 0 Å². The Hall–Kier alpha value is -1.89. The Morgan fingerprint density at radius 1 is 1.68 bits per heavy atom. The third kappa shape index (κ3) is 2.93. The van der Waals surface area contributed by atoms with Crippen molar-refractivity contribution in [1.82, 2.24) is 19.7 Å². The van der Waals surface area contributed by atoms with Crippen LogP contribution in [0.15, 0.2) is 40.5 Å². The van der Waals surface area contributed by atoms with Crippen molar-refractivity contribution in [2.75, 3.05) is 5.32 Å². The molecule has 100 valence electrons. The third-order valence-electron chi connectivity index (χ3n) is 2.59. The van der Waals surface area contributed by atoms with Crippen molar-refractivity contribution in [3.63, 3.8) is 0 Å². The second-order valence-corrected chi connectivity index (χ2v) is 4.78. The summed E-state index contributed by atoms with van der Waals surface area (Å²) in [4.78, 5) is 19.2. The van der Waals surface area contributed by atoms with Gasteiger partial charge in [-0.2, -0.15) is 5.10 Å². The monoisotopic (exact) mass is 323 g/mol. The fourth-order valence-corrected chi connectivity index (χ4v) is 2.06. The molecule has 2 N–H and O–H groups in total. The first-order chi connectivity index (χ1) is 9.13. The number of hydrogen-bond donors (Lipinski definition) is 2. The summed E-state index contributed by atoms with van der Waals surface area (Å²) in [5.74, 6) is 0.794. The van der Waals surface area contributed by atoms with E-state index in [1.165, 1.54) is 4.68 Å². The van der Waals surface area contributed by atoms with E-state index >= 15 is 0 Å². The van der Waals surface area contributed by atoms with E-state index in [9.17, 15) is 4.79 Å². The summed E-state index contributed by atoms with van der Waals surface area (Å²) in [6.45, 7) is 5.91. The Bertz CT molecular complexity index is 620. The van der Waals surface area contributed by atoms with Crippen LogP contribution in [0.25, 0.3) is 0 Å². The van der Waals surface area contributed by atoms with Crippen LogP contribution in [-0.2, 0) is 6.54 Å². The van der Waals surface area contributed by atoms with E-state index in [-0.39, 0.29) is 11.6 Å². The van der Waals surface area contributed by atoms with E-state index < -0.39 is 0 Å². The smallest absolute Gasteiger partial charge is 0.283 e. The zero-order chi connectivity index (χ0) is 13.8. The highest BCUT2D eigenvalue weighted by Gasteiger charge is 2.12. The number of nitrogens with zero attached hydrogens (tertiary/aromatic N) is 3. The number of anilines is 1. The highest BCUT2D eigenvalue weighted by atomic mass is 79.9. The minimum atomic E-state index is -0.198. The molecule has 6 nitrogen and oxygen atoms in total. The molecule has 0 aliphatic rings. The van der Waals surface area contributed by atoms with Crippen LogP contribution in [0.1, 0.15) is 18.8 Å². The Labute approximate surface area is 118 Å². The zero-order valence-corrected chi connectivity index (χ0v) is 12.0. The van der Waals surface area contributed by atoms with Crippen molar-refractivity contribution in [3.8, 4) is 0 Å². The van der Waals surface area contributed by atoms with Crippen LogP contribution in [0.3, 0.4) is 0 Å². The average molecular weight is 324 g/mol. The summed E-state index contributed by atoms with van der Waals surface area (Å²) in [6, 6.07) is -0.0530. The number of hydrogen-bond acceptors (Lipinski definition) is 4. The molecule has 2 aromatic rings. The van der Waals surface area contributed by atoms with Crippen LogP contribution in [0.2, 0.25) is 0 Å². The second kappa shape index (κ2) is 5.83. The number of H-pyrrole nitrogens is 1. The molecular formula is C12H14BrN5O. The molecule has 0 saturated heterocycles. The topological polar surface area (TPSA) is 75.6 Å². The minimum Gasteiger partial charge on any atom is -0.373 e. The molecule has 0 fully saturated rings. The molecule has 0 aliphatic carbocycles. The van der Waals surface area contributed by atoms with Crippen molar-refractivity contribution in [2.24, 2.45) is 0 Å². The van der Waals surface area contributed by atoms with Crippen LogP contribution < -0.4 is 10.9 Å². The molecule has 2 rings (SSSR count). The third-order valence-corrected chi connectivity index (χ3v) is 3.35. The van der Waals surface area contributed by atoms with Gasteiger partial charge in [0.05, 0.1) is 24.5 Å². The quantitative estimate of drug-likeness (QED) is 0.826. The SMILES string of the molecule is C=CCn1ncc(NC(C)c2ncc[nH]2)c(Br)c1=O. The molecule has 0 aliphatic heterocycles. The zero-order valence-electron chi connectivity index (χ0n) is 10.4. The maximum Gasteiger partial charge on any atom is 0.283 e. The summed E-state index contributed by atoms with van der Waals surface area (Å²) in [5.41, 5.74) is 0.436. The largest absolute Gasteiger partial charge is 0.373 e. The Morgan fingerprint density at radius 3 is 3.11 bits per heavy atom. The molecule has 0 aromatic carbocycles. The summed E-state index contributed by atoms with van der Waals surface area (Å²) < 4.78 is 1.78. The number of aromatic amines is 1. The van der Waals surface area contributed by atoms with Gasteiger partial charge >= 0.3 is 0 Å². The van der Waals surface area contributed by atoms with E-state index in [2.05, 4.69) is 42.9 Å². The fraction of sp³-hybridized carbons (Fsp3) is 0.250. The van der Waals surface area contributed by atoms with Gasteiger partial charge in [0.25, 0.3) is 5.56 Å². The summed E-state index contributed by atoms with van der Waals surface area (Å²) in [6.07, 6.45) is 6.67. The van der Waals surface area contributed by atoms with Crippen molar-refractivity contribution in [1.29, 1.82) is 0 Å². The van der Waals surface area contributed by atoms with Gasteiger partial charge in [0.15, 0.2) is 0 Å². The first-order valence-electron chi connectivity index (χ1n) is 5.75. The van der Waals surface area contributed by atoms with E-state index in [0.29, 0.717) is 16.7 Å². The number of aromatic nitrogens is 4. The van der Waals surface area contributed by atoms with E-state index in [1.54, 1.807) is 24.7 Å². The average Bonchev–Trinajstić information content (AvgIpc) is 2.92. The maximum atomic E-state index is 12.0. The second-order valence-electron chi connectivity index (χ2n) is 3.99. The number of allylic oxidation sites excluding steroid dienone is 1. The highest BCUT2D eigenvalue weighted by Crippen LogP contribution is 2.21. The molecule has 1 unspecified atom stereocenters. The molecule has 0 saturated carbocycles.